The van der Waals surface area contributed by atoms with Gasteiger partial charge in [0.2, 0.25) is 0 Å². The van der Waals surface area contributed by atoms with E-state index in [4.69, 9.17) is 4.52 Å². The third kappa shape index (κ3) is 4.51. The predicted molar refractivity (Wildman–Crippen MR) is 82.5 cm³/mol. The number of benzene rings is 1. The molecule has 118 valence electrons. The number of hydrogen-bond donors (Lipinski definition) is 2. The number of aryl methyl sites for hydroxylation is 1. The number of nitrogens with one attached hydrogen (secondary N) is 1. The number of hydrogen-bond acceptors (Lipinski definition) is 4. The standard InChI is InChI=1S/C16H21N3O3/c1-11(8-13-4-6-15(20)7-5-13)17-16(21)19(3)10-14-9-12(2)22-18-14/h4-7,9,11,20H,8,10H2,1-3H3,(H,17,21)/t11-/m0/s1. The Morgan fingerprint density at radius 1 is 1.41 bits per heavy atom. The Labute approximate surface area is 129 Å². The van der Waals surface area contributed by atoms with Crippen molar-refractivity contribution in [1.82, 2.24) is 15.4 Å². The third-order valence-corrected chi connectivity index (χ3v) is 3.27. The van der Waals surface area contributed by atoms with Crippen LogP contribution in [0.25, 0.3) is 0 Å². The minimum atomic E-state index is -0.160. The fourth-order valence-electron chi connectivity index (χ4n) is 2.16. The number of urea groups is 1. The second-order valence-electron chi connectivity index (χ2n) is 5.51. The SMILES string of the molecule is Cc1cc(CN(C)C(=O)N[C@@H](C)Cc2ccc(O)cc2)no1. The van der Waals surface area contributed by atoms with Gasteiger partial charge in [-0.3, -0.25) is 0 Å². The van der Waals surface area contributed by atoms with Gasteiger partial charge in [0.05, 0.1) is 6.54 Å². The van der Waals surface area contributed by atoms with Crippen LogP contribution < -0.4 is 5.32 Å². The fourth-order valence-corrected chi connectivity index (χ4v) is 2.16. The van der Waals surface area contributed by atoms with Gasteiger partial charge in [0.25, 0.3) is 0 Å². The maximum Gasteiger partial charge on any atom is 0.317 e. The number of amides is 2. The topological polar surface area (TPSA) is 78.6 Å². The molecule has 2 aromatic rings. The number of phenols is 1. The normalized spacial score (nSPS) is 12.0. The molecule has 6 heteroatoms. The van der Waals surface area contributed by atoms with Crippen molar-refractivity contribution in [1.29, 1.82) is 0 Å². The molecule has 22 heavy (non-hydrogen) atoms. The van der Waals surface area contributed by atoms with Gasteiger partial charge in [0.15, 0.2) is 0 Å². The summed E-state index contributed by atoms with van der Waals surface area (Å²) in [6.45, 7) is 4.16. The summed E-state index contributed by atoms with van der Waals surface area (Å²) < 4.78 is 4.99. The lowest BCUT2D eigenvalue weighted by atomic mass is 10.1. The van der Waals surface area contributed by atoms with Crippen molar-refractivity contribution in [3.05, 3.63) is 47.3 Å². The van der Waals surface area contributed by atoms with Crippen LogP contribution in [0.15, 0.2) is 34.9 Å². The van der Waals surface area contributed by atoms with Crippen molar-refractivity contribution < 1.29 is 14.4 Å². The maximum atomic E-state index is 12.1. The van der Waals surface area contributed by atoms with E-state index in [9.17, 15) is 9.90 Å². The Balaban J connectivity index is 1.83. The Kier molecular flexibility index (Phi) is 5.04. The quantitative estimate of drug-likeness (QED) is 0.889. The Hall–Kier alpha value is -2.50. The van der Waals surface area contributed by atoms with E-state index in [2.05, 4.69) is 10.5 Å². The largest absolute Gasteiger partial charge is 0.508 e. The summed E-state index contributed by atoms with van der Waals surface area (Å²) in [7, 11) is 1.71. The van der Waals surface area contributed by atoms with E-state index in [0.29, 0.717) is 13.0 Å². The maximum absolute atomic E-state index is 12.1. The highest BCUT2D eigenvalue weighted by atomic mass is 16.5. The summed E-state index contributed by atoms with van der Waals surface area (Å²) in [6.07, 6.45) is 0.697. The van der Waals surface area contributed by atoms with E-state index in [1.54, 1.807) is 24.1 Å². The smallest absolute Gasteiger partial charge is 0.317 e. The van der Waals surface area contributed by atoms with Gasteiger partial charge in [0, 0.05) is 19.2 Å². The average Bonchev–Trinajstić information content (AvgIpc) is 2.86. The summed E-state index contributed by atoms with van der Waals surface area (Å²) in [6, 6.07) is 8.61. The van der Waals surface area contributed by atoms with Crippen molar-refractivity contribution in [2.45, 2.75) is 32.9 Å². The zero-order valence-corrected chi connectivity index (χ0v) is 13.0. The van der Waals surface area contributed by atoms with E-state index < -0.39 is 0 Å². The lowest BCUT2D eigenvalue weighted by Crippen LogP contribution is -2.42. The van der Waals surface area contributed by atoms with E-state index in [1.807, 2.05) is 32.0 Å². The van der Waals surface area contributed by atoms with Crippen LogP contribution in [-0.4, -0.2) is 34.3 Å². The molecule has 0 saturated carbocycles. The number of aromatic nitrogens is 1. The number of phenolic OH excluding ortho intramolecular Hbond substituents is 1. The molecule has 0 radical (unpaired) electrons. The molecule has 1 aromatic carbocycles. The van der Waals surface area contributed by atoms with Gasteiger partial charge >= 0.3 is 6.03 Å². The van der Waals surface area contributed by atoms with Gasteiger partial charge in [-0.15, -0.1) is 0 Å². The molecule has 2 N–H and O–H groups in total. The first-order valence-corrected chi connectivity index (χ1v) is 7.16. The monoisotopic (exact) mass is 303 g/mol. The molecule has 0 aliphatic rings. The molecule has 1 heterocycles. The van der Waals surface area contributed by atoms with Gasteiger partial charge in [-0.05, 0) is 38.0 Å². The molecule has 0 fully saturated rings. The van der Waals surface area contributed by atoms with Gasteiger partial charge in [-0.2, -0.15) is 0 Å². The molecule has 2 rings (SSSR count). The van der Waals surface area contributed by atoms with Crippen LogP contribution in [0, 0.1) is 6.92 Å². The molecule has 6 nitrogen and oxygen atoms in total. The highest BCUT2D eigenvalue weighted by molar-refractivity contribution is 5.74. The molecular weight excluding hydrogens is 282 g/mol. The first-order valence-electron chi connectivity index (χ1n) is 7.16. The third-order valence-electron chi connectivity index (χ3n) is 3.27. The van der Waals surface area contributed by atoms with Crippen LogP contribution in [-0.2, 0) is 13.0 Å². The Morgan fingerprint density at radius 3 is 2.68 bits per heavy atom. The number of carbonyl (C=O) groups excluding carboxylic acids is 1. The van der Waals surface area contributed by atoms with Gasteiger partial charge in [0.1, 0.15) is 17.2 Å². The molecule has 1 aromatic heterocycles. The fraction of sp³-hybridized carbons (Fsp3) is 0.375. The zero-order valence-electron chi connectivity index (χ0n) is 13.0. The molecule has 0 aliphatic carbocycles. The molecule has 2 amide bonds. The Bertz CT molecular complexity index is 622. The Morgan fingerprint density at radius 2 is 2.09 bits per heavy atom. The van der Waals surface area contributed by atoms with Crippen LogP contribution in [0.4, 0.5) is 4.79 Å². The van der Waals surface area contributed by atoms with E-state index in [0.717, 1.165) is 17.0 Å². The van der Waals surface area contributed by atoms with Crippen molar-refractivity contribution in [3.8, 4) is 5.75 Å². The highest BCUT2D eigenvalue weighted by Gasteiger charge is 2.14. The number of rotatable bonds is 5. The first-order chi connectivity index (χ1) is 10.4. The van der Waals surface area contributed by atoms with Crippen molar-refractivity contribution in [3.63, 3.8) is 0 Å². The summed E-state index contributed by atoms with van der Waals surface area (Å²) >= 11 is 0. The van der Waals surface area contributed by atoms with Crippen LogP contribution in [0.2, 0.25) is 0 Å². The van der Waals surface area contributed by atoms with E-state index in [1.165, 1.54) is 0 Å². The summed E-state index contributed by atoms with van der Waals surface area (Å²) in [4.78, 5) is 13.7. The predicted octanol–water partition coefficient (Wildman–Crippen LogP) is 2.46. The number of carbonyl (C=O) groups is 1. The lowest BCUT2D eigenvalue weighted by Gasteiger charge is -2.20. The number of aromatic hydroxyl groups is 1. The molecule has 0 bridgehead atoms. The van der Waals surface area contributed by atoms with Gasteiger partial charge in [-0.1, -0.05) is 17.3 Å². The molecule has 0 unspecified atom stereocenters. The average molecular weight is 303 g/mol. The van der Waals surface area contributed by atoms with Crippen molar-refractivity contribution in [2.75, 3.05) is 7.05 Å². The summed E-state index contributed by atoms with van der Waals surface area (Å²) in [5.74, 6) is 0.965. The summed E-state index contributed by atoms with van der Waals surface area (Å²) in [5, 5.41) is 16.1. The zero-order chi connectivity index (χ0) is 16.1. The van der Waals surface area contributed by atoms with Crippen LogP contribution in [0.1, 0.15) is 23.9 Å². The van der Waals surface area contributed by atoms with E-state index >= 15 is 0 Å². The molecule has 0 aliphatic heterocycles. The van der Waals surface area contributed by atoms with Crippen molar-refractivity contribution in [2.24, 2.45) is 0 Å². The molecular formula is C16H21N3O3. The molecule has 0 saturated heterocycles. The minimum Gasteiger partial charge on any atom is -0.508 e. The highest BCUT2D eigenvalue weighted by Crippen LogP contribution is 2.11. The second-order valence-corrected chi connectivity index (χ2v) is 5.51. The minimum absolute atomic E-state index is 0.0152. The van der Waals surface area contributed by atoms with Gasteiger partial charge in [-0.25, -0.2) is 4.79 Å². The molecule has 1 atom stereocenters. The van der Waals surface area contributed by atoms with Crippen LogP contribution >= 0.6 is 0 Å². The summed E-state index contributed by atoms with van der Waals surface area (Å²) in [5.41, 5.74) is 1.78. The van der Waals surface area contributed by atoms with Crippen LogP contribution in [0.5, 0.6) is 5.75 Å². The first kappa shape index (κ1) is 15.9. The van der Waals surface area contributed by atoms with Crippen LogP contribution in [0.3, 0.4) is 0 Å². The van der Waals surface area contributed by atoms with Crippen molar-refractivity contribution >= 4 is 6.03 Å². The lowest BCUT2D eigenvalue weighted by molar-refractivity contribution is 0.202. The second kappa shape index (κ2) is 6.98. The number of nitrogens with zero attached hydrogens (tertiary/aromatic N) is 2. The van der Waals surface area contributed by atoms with Gasteiger partial charge < -0.3 is 19.8 Å². The molecule has 0 spiro atoms. The van der Waals surface area contributed by atoms with E-state index in [-0.39, 0.29) is 17.8 Å².